The van der Waals surface area contributed by atoms with Crippen LogP contribution >= 0.6 is 0 Å². The Morgan fingerprint density at radius 3 is 2.17 bits per heavy atom. The van der Waals surface area contributed by atoms with E-state index >= 15 is 0 Å². The molecule has 0 heterocycles. The van der Waals surface area contributed by atoms with Gasteiger partial charge in [-0.1, -0.05) is 19.9 Å². The number of anilines is 1. The molecule has 0 aliphatic heterocycles. The van der Waals surface area contributed by atoms with Crippen molar-refractivity contribution in [3.63, 3.8) is 0 Å². The smallest absolute Gasteiger partial charge is 0.873 e. The molecule has 0 aromatic heterocycles. The second-order valence-corrected chi connectivity index (χ2v) is 3.42. The van der Waals surface area contributed by atoms with Crippen LogP contribution in [-0.4, -0.2) is 23.6 Å². The minimum Gasteiger partial charge on any atom is -0.873 e. The van der Waals surface area contributed by atoms with E-state index in [0.29, 0.717) is 5.69 Å². The minimum absolute atomic E-state index is 0. The van der Waals surface area contributed by atoms with Gasteiger partial charge >= 0.3 is 37.2 Å². The van der Waals surface area contributed by atoms with E-state index < -0.39 is 11.5 Å². The number of carbonyl (C=O) groups excluding carboxylic acids is 1. The van der Waals surface area contributed by atoms with Crippen molar-refractivity contribution in [3.8, 4) is 11.5 Å². The van der Waals surface area contributed by atoms with Crippen molar-refractivity contribution in [3.05, 3.63) is 18.2 Å². The molecule has 8 heteroatoms. The zero-order valence-electron chi connectivity index (χ0n) is 10.5. The third-order valence-corrected chi connectivity index (χ3v) is 1.74. The standard InChI is InChI=1S/C10H13NO3.BH2O2.Na/c1-6(2)10(14)11-7-3-4-8(12)9(13)5-7;2-1-3;/h3-6,12-13H,1-2H3,(H,11,14);2-3H;/q;;+1/p-2. The fraction of sp³-hybridized carbons (Fsp3) is 0.300. The summed E-state index contributed by atoms with van der Waals surface area (Å²) < 4.78 is 0. The van der Waals surface area contributed by atoms with Gasteiger partial charge in [0.15, 0.2) is 0 Å². The summed E-state index contributed by atoms with van der Waals surface area (Å²) in [6, 6.07) is 3.70. The molecular formula is C10H13BNNaO5-. The SMILES string of the molecule is CC(C)C(=O)Nc1ccc([O-])c([O-])c1.O[B]O.[Na+]. The van der Waals surface area contributed by atoms with Gasteiger partial charge in [-0.2, -0.15) is 0 Å². The molecule has 0 bridgehead atoms. The summed E-state index contributed by atoms with van der Waals surface area (Å²) in [5.74, 6) is -1.50. The first kappa shape index (κ1) is 19.6. The quantitative estimate of drug-likeness (QED) is 0.468. The molecule has 6 nitrogen and oxygen atoms in total. The molecule has 0 unspecified atom stereocenters. The Hall–Kier alpha value is -0.725. The summed E-state index contributed by atoms with van der Waals surface area (Å²) in [6.07, 6.45) is 0. The van der Waals surface area contributed by atoms with Crippen LogP contribution in [0.4, 0.5) is 5.69 Å². The van der Waals surface area contributed by atoms with Crippen LogP contribution in [0.1, 0.15) is 13.8 Å². The van der Waals surface area contributed by atoms with Crippen molar-refractivity contribution < 1.29 is 54.6 Å². The molecule has 0 atom stereocenters. The molecule has 18 heavy (non-hydrogen) atoms. The van der Waals surface area contributed by atoms with Crippen LogP contribution in [0.5, 0.6) is 11.5 Å². The Labute approximate surface area is 128 Å². The Balaban J connectivity index is 0. The van der Waals surface area contributed by atoms with Gasteiger partial charge in [-0.15, -0.1) is 11.5 Å². The van der Waals surface area contributed by atoms with Crippen molar-refractivity contribution in [2.45, 2.75) is 13.8 Å². The van der Waals surface area contributed by atoms with Crippen LogP contribution in [0, 0.1) is 5.92 Å². The van der Waals surface area contributed by atoms with Crippen LogP contribution in [0.15, 0.2) is 18.2 Å². The maximum absolute atomic E-state index is 11.2. The van der Waals surface area contributed by atoms with Crippen LogP contribution in [0.25, 0.3) is 0 Å². The van der Waals surface area contributed by atoms with E-state index in [4.69, 9.17) is 10.0 Å². The van der Waals surface area contributed by atoms with Crippen LogP contribution < -0.4 is 45.1 Å². The van der Waals surface area contributed by atoms with Gasteiger partial charge in [0.2, 0.25) is 5.91 Å². The summed E-state index contributed by atoms with van der Waals surface area (Å²) in [5.41, 5.74) is 0.369. The summed E-state index contributed by atoms with van der Waals surface area (Å²) in [5, 5.41) is 38.2. The summed E-state index contributed by atoms with van der Waals surface area (Å²) >= 11 is 0. The molecule has 1 rings (SSSR count). The number of hydrogen-bond donors (Lipinski definition) is 3. The molecule has 3 N–H and O–H groups in total. The monoisotopic (exact) mass is 261 g/mol. The zero-order chi connectivity index (χ0) is 13.4. The average molecular weight is 261 g/mol. The van der Waals surface area contributed by atoms with Gasteiger partial charge in [0.1, 0.15) is 0 Å². The van der Waals surface area contributed by atoms with Crippen molar-refractivity contribution in [2.24, 2.45) is 5.92 Å². The second kappa shape index (κ2) is 10.2. The fourth-order valence-electron chi connectivity index (χ4n) is 0.872. The molecule has 0 aliphatic carbocycles. The van der Waals surface area contributed by atoms with Crippen molar-refractivity contribution in [2.75, 3.05) is 5.32 Å². The van der Waals surface area contributed by atoms with Crippen LogP contribution in [-0.2, 0) is 4.79 Å². The van der Waals surface area contributed by atoms with Crippen LogP contribution in [0.2, 0.25) is 0 Å². The first-order chi connectivity index (χ1) is 7.92. The molecule has 0 aliphatic rings. The predicted molar refractivity (Wildman–Crippen MR) is 59.0 cm³/mol. The van der Waals surface area contributed by atoms with E-state index in [-0.39, 0.29) is 49.1 Å². The van der Waals surface area contributed by atoms with E-state index in [0.717, 1.165) is 12.1 Å². The zero-order valence-corrected chi connectivity index (χ0v) is 12.5. The molecule has 0 spiro atoms. The van der Waals surface area contributed by atoms with E-state index in [1.807, 2.05) is 0 Å². The molecule has 1 amide bonds. The third-order valence-electron chi connectivity index (χ3n) is 1.74. The van der Waals surface area contributed by atoms with Gasteiger partial charge in [-0.05, 0) is 12.1 Å². The molecule has 93 valence electrons. The predicted octanol–water partition coefficient (Wildman–Crippen LogP) is -4.06. The van der Waals surface area contributed by atoms with Gasteiger partial charge in [-0.25, -0.2) is 0 Å². The Morgan fingerprint density at radius 2 is 1.78 bits per heavy atom. The van der Waals surface area contributed by atoms with Crippen molar-refractivity contribution in [1.29, 1.82) is 0 Å². The largest absolute Gasteiger partial charge is 1.00 e. The second-order valence-electron chi connectivity index (χ2n) is 3.42. The summed E-state index contributed by atoms with van der Waals surface area (Å²) in [7, 11) is 0. The van der Waals surface area contributed by atoms with E-state index in [2.05, 4.69) is 5.32 Å². The molecule has 0 fully saturated rings. The van der Waals surface area contributed by atoms with E-state index in [1.54, 1.807) is 13.8 Å². The van der Waals surface area contributed by atoms with E-state index in [1.165, 1.54) is 6.07 Å². The van der Waals surface area contributed by atoms with Gasteiger partial charge in [0.25, 0.3) is 0 Å². The molecule has 0 saturated heterocycles. The fourth-order valence-corrected chi connectivity index (χ4v) is 0.872. The Kier molecular flexibility index (Phi) is 11.1. The van der Waals surface area contributed by atoms with Gasteiger partial charge < -0.3 is 25.6 Å². The van der Waals surface area contributed by atoms with Crippen LogP contribution in [0.3, 0.4) is 0 Å². The molecule has 1 aromatic carbocycles. The van der Waals surface area contributed by atoms with Crippen molar-refractivity contribution >= 4 is 19.3 Å². The first-order valence-corrected chi connectivity index (χ1v) is 4.81. The van der Waals surface area contributed by atoms with Gasteiger partial charge in [0, 0.05) is 11.6 Å². The number of carbonyl (C=O) groups is 1. The van der Waals surface area contributed by atoms with E-state index in [9.17, 15) is 15.0 Å². The number of nitrogens with one attached hydrogen (secondary N) is 1. The number of amides is 1. The molecule has 1 aromatic rings. The topological polar surface area (TPSA) is 116 Å². The Bertz CT molecular complexity index is 375. The number of rotatable bonds is 2. The Morgan fingerprint density at radius 1 is 1.28 bits per heavy atom. The summed E-state index contributed by atoms with van der Waals surface area (Å²) in [4.78, 5) is 11.2. The van der Waals surface area contributed by atoms with Gasteiger partial charge in [-0.3, -0.25) is 4.79 Å². The average Bonchev–Trinajstić information content (AvgIpc) is 2.24. The normalized spacial score (nSPS) is 8.72. The number of hydrogen-bond acceptors (Lipinski definition) is 5. The molecule has 1 radical (unpaired) electrons. The molecular weight excluding hydrogens is 248 g/mol. The molecule has 0 saturated carbocycles. The van der Waals surface area contributed by atoms with Gasteiger partial charge in [0.05, 0.1) is 0 Å². The minimum atomic E-state index is -0.605. The first-order valence-electron chi connectivity index (χ1n) is 4.81. The summed E-state index contributed by atoms with van der Waals surface area (Å²) in [6.45, 7) is 3.49. The third kappa shape index (κ3) is 7.57. The maximum atomic E-state index is 11.2. The number of benzene rings is 1. The maximum Gasteiger partial charge on any atom is 1.00 e. The van der Waals surface area contributed by atoms with Crippen molar-refractivity contribution in [1.82, 2.24) is 0 Å².